The van der Waals surface area contributed by atoms with E-state index in [1.54, 1.807) is 47.8 Å². The van der Waals surface area contributed by atoms with Gasteiger partial charge in [0.05, 0.1) is 69.1 Å². The standard InChI is InChI=1S/C41H49F2N9O6.C12H23N2O4.CH3.Ga/c1-3-50(2)25-28-9-7-27(8-10-28)21-36(55)51-19-14-29(15-20-51)39(57)47-18-17-45-34(53)11-12-35(54)49-33-6-4-5-31-32(13-16-46-38(31)33)40(58)48-24-37(56)52-26-41(42,43)22-30(52)23-44;1-5-14(9-12(16)17-4)7-6-13(3)8-11(15)18-10(14)2;;/h4-10,13,16,29-30H,3,11-12,14-15,17-22,24-26H2,1-2H3,(H,45,53)(H,47,57)(H,48,58)(H,49,54);10H,5-9H2,1-4H3;1H3;/q;+1;;/t;10-,14?;;/m.1../s1. The summed E-state index contributed by atoms with van der Waals surface area (Å²) in [5.74, 6) is -6.39. The molecular formula is C54H75F2GaN11O10+. The minimum absolute atomic E-state index is 0.0402. The van der Waals surface area contributed by atoms with Crippen LogP contribution in [0.25, 0.3) is 10.9 Å². The van der Waals surface area contributed by atoms with Crippen LogP contribution in [-0.4, -0.2) is 213 Å². The topological polar surface area (TPSA) is 253 Å². The van der Waals surface area contributed by atoms with Crippen molar-refractivity contribution in [1.29, 1.82) is 5.26 Å². The van der Waals surface area contributed by atoms with Crippen molar-refractivity contribution in [3.05, 3.63) is 71.4 Å². The summed E-state index contributed by atoms with van der Waals surface area (Å²) in [6.07, 6.45) is 1.40. The number of nitrogens with zero attached hydrogens (tertiary/aromatic N) is 7. The number of halogens is 2. The van der Waals surface area contributed by atoms with Crippen LogP contribution in [0.3, 0.4) is 0 Å². The first kappa shape index (κ1) is 64.0. The number of para-hydroxylation sites is 1. The molecule has 0 spiro atoms. The van der Waals surface area contributed by atoms with E-state index in [4.69, 9.17) is 14.7 Å². The van der Waals surface area contributed by atoms with Gasteiger partial charge >= 0.3 is 36.0 Å². The molecule has 422 valence electrons. The van der Waals surface area contributed by atoms with Gasteiger partial charge in [-0.2, -0.15) is 5.26 Å². The first-order chi connectivity index (χ1) is 37.2. The van der Waals surface area contributed by atoms with E-state index in [1.807, 2.05) is 37.9 Å². The molecule has 78 heavy (non-hydrogen) atoms. The summed E-state index contributed by atoms with van der Waals surface area (Å²) in [6.45, 7) is 10.4. The van der Waals surface area contributed by atoms with Gasteiger partial charge in [0.2, 0.25) is 35.8 Å². The third-order valence-corrected chi connectivity index (χ3v) is 14.0. The monoisotopic (exact) mass is 1140 g/mol. The van der Waals surface area contributed by atoms with Gasteiger partial charge in [0.1, 0.15) is 6.04 Å². The Morgan fingerprint density at radius 2 is 1.60 bits per heavy atom. The SMILES string of the molecule is CCN(C)Cc1ccc(CC(=O)N2CCC(C(=O)NCCNC(=O)CCC(=O)Nc3cccc4c(C(=O)NCC(=O)N5CC(F)(F)CC5C#N)ccnc34)CC2)cc1.CC[N+]1(CC(=O)OC)CCN(C)CC(=O)O[C@@H]1C.[CH3][Ga]. The molecule has 3 saturated heterocycles. The first-order valence-corrected chi connectivity index (χ1v) is 28.6. The molecule has 2 unspecified atom stereocenters. The second-order valence-corrected chi connectivity index (χ2v) is 19.5. The van der Waals surface area contributed by atoms with Crippen molar-refractivity contribution in [1.82, 2.24) is 40.5 Å². The molecule has 2 aromatic carbocycles. The van der Waals surface area contributed by atoms with Crippen LogP contribution in [0, 0.1) is 17.2 Å². The Bertz CT molecular complexity index is 2600. The Balaban J connectivity index is 0.000000553. The predicted molar refractivity (Wildman–Crippen MR) is 287 cm³/mol. The summed E-state index contributed by atoms with van der Waals surface area (Å²) in [5.41, 5.74) is 4.89. The van der Waals surface area contributed by atoms with E-state index in [0.717, 1.165) is 43.2 Å². The number of rotatable bonds is 19. The van der Waals surface area contributed by atoms with E-state index >= 15 is 0 Å². The molecule has 4 heterocycles. The number of carbonyl (C=O) groups is 8. The van der Waals surface area contributed by atoms with Crippen molar-refractivity contribution in [3.8, 4) is 6.07 Å². The molecule has 0 bridgehead atoms. The van der Waals surface area contributed by atoms with Crippen molar-refractivity contribution in [2.75, 3.05) is 105 Å². The molecule has 3 fully saturated rings. The number of quaternary nitrogens is 1. The molecule has 6 rings (SSSR count). The zero-order valence-corrected chi connectivity index (χ0v) is 48.3. The number of cyclic esters (lactones) is 1. The van der Waals surface area contributed by atoms with Crippen LogP contribution in [0.1, 0.15) is 74.4 Å². The maximum absolute atomic E-state index is 13.8. The van der Waals surface area contributed by atoms with Crippen LogP contribution in [-0.2, 0) is 56.0 Å². The van der Waals surface area contributed by atoms with Gasteiger partial charge in [-0.3, -0.25) is 47.9 Å². The number of amides is 6. The second-order valence-electron chi connectivity index (χ2n) is 19.5. The van der Waals surface area contributed by atoms with Crippen LogP contribution >= 0.6 is 0 Å². The van der Waals surface area contributed by atoms with Crippen molar-refractivity contribution in [3.63, 3.8) is 0 Å². The fourth-order valence-electron chi connectivity index (χ4n) is 9.19. The quantitative estimate of drug-likeness (QED) is 0.0583. The summed E-state index contributed by atoms with van der Waals surface area (Å²) in [4.78, 5) is 111. The van der Waals surface area contributed by atoms with Crippen LogP contribution in [0.15, 0.2) is 54.7 Å². The van der Waals surface area contributed by atoms with Crippen molar-refractivity contribution in [2.24, 2.45) is 5.92 Å². The number of alkyl halides is 2. The maximum atomic E-state index is 13.8. The number of likely N-dealkylation sites (N-methyl/N-ethyl adjacent to an activating group) is 2. The number of anilines is 1. The third kappa shape index (κ3) is 19.1. The second kappa shape index (κ2) is 31.2. The van der Waals surface area contributed by atoms with E-state index in [9.17, 15) is 47.1 Å². The molecule has 2 radical (unpaired) electrons. The molecule has 1 aromatic heterocycles. The minimum atomic E-state index is -3.18. The van der Waals surface area contributed by atoms with Gasteiger partial charge in [-0.1, -0.05) is 43.3 Å². The number of carbonyl (C=O) groups excluding carboxylic acids is 8. The molecule has 6 amide bonds. The molecule has 3 aromatic rings. The Morgan fingerprint density at radius 1 is 0.936 bits per heavy atom. The molecule has 3 aliphatic rings. The molecule has 4 N–H and O–H groups in total. The Hall–Kier alpha value is -6.52. The van der Waals surface area contributed by atoms with Gasteiger partial charge in [0.15, 0.2) is 6.54 Å². The number of methoxy groups -OCH3 is 1. The van der Waals surface area contributed by atoms with Crippen LogP contribution in [0.4, 0.5) is 14.5 Å². The normalized spacial score (nSPS) is 19.3. The number of ether oxygens (including phenoxy) is 2. The van der Waals surface area contributed by atoms with E-state index in [-0.39, 0.29) is 91.0 Å². The number of esters is 2. The first-order valence-electron chi connectivity index (χ1n) is 26.2. The molecule has 21 nitrogen and oxygen atoms in total. The molecule has 3 aliphatic heterocycles. The van der Waals surface area contributed by atoms with Gasteiger partial charge in [0, 0.05) is 83.0 Å². The summed E-state index contributed by atoms with van der Waals surface area (Å²) in [7, 11) is 5.31. The van der Waals surface area contributed by atoms with Crippen LogP contribution < -0.4 is 21.3 Å². The summed E-state index contributed by atoms with van der Waals surface area (Å²) in [6, 6.07) is 14.7. The molecule has 0 saturated carbocycles. The average molecular weight is 1150 g/mol. The summed E-state index contributed by atoms with van der Waals surface area (Å²) in [5, 5.41) is 20.2. The van der Waals surface area contributed by atoms with Crippen molar-refractivity contribution < 1.29 is 61.1 Å². The molecule has 0 aliphatic carbocycles. The zero-order valence-electron chi connectivity index (χ0n) is 45.9. The number of nitrogens with one attached hydrogen (secondary N) is 4. The van der Waals surface area contributed by atoms with Crippen molar-refractivity contribution >= 4 is 82.6 Å². The number of piperidine rings is 1. The van der Waals surface area contributed by atoms with E-state index in [1.165, 1.54) is 24.9 Å². The van der Waals surface area contributed by atoms with Crippen LogP contribution in [0.2, 0.25) is 5.48 Å². The predicted octanol–water partition coefficient (Wildman–Crippen LogP) is 2.64. The van der Waals surface area contributed by atoms with E-state index in [2.05, 4.69) is 62.7 Å². The van der Waals surface area contributed by atoms with Crippen molar-refractivity contribution in [2.45, 2.75) is 89.5 Å². The number of nitriles is 1. The van der Waals surface area contributed by atoms with Gasteiger partial charge < -0.3 is 45.4 Å². The van der Waals surface area contributed by atoms with E-state index < -0.39 is 49.2 Å². The molecule has 3 atom stereocenters. The number of hydrogen-bond acceptors (Lipinski definition) is 14. The molecule has 24 heteroatoms. The van der Waals surface area contributed by atoms with E-state index in [0.29, 0.717) is 48.8 Å². The summed E-state index contributed by atoms with van der Waals surface area (Å²) >= 11 is 1.69. The van der Waals surface area contributed by atoms with Gasteiger partial charge in [0.25, 0.3) is 11.8 Å². The molecular weight excluding hydrogens is 1070 g/mol. The number of benzene rings is 2. The third-order valence-electron chi connectivity index (χ3n) is 14.0. The number of pyridine rings is 1. The van der Waals surface area contributed by atoms with Gasteiger partial charge in [-0.15, -0.1) is 0 Å². The number of fused-ring (bicyclic) bond motifs is 1. The number of likely N-dealkylation sites (tertiary alicyclic amines) is 2. The Morgan fingerprint density at radius 3 is 2.26 bits per heavy atom. The van der Waals surface area contributed by atoms with Gasteiger partial charge in [-0.05, 0) is 63.7 Å². The van der Waals surface area contributed by atoms with Gasteiger partial charge in [-0.25, -0.2) is 13.6 Å². The summed E-state index contributed by atoms with van der Waals surface area (Å²) < 4.78 is 38.1. The van der Waals surface area contributed by atoms with Crippen LogP contribution in [0.5, 0.6) is 0 Å². The fraction of sp³-hybridized carbons (Fsp3) is 0.556. The Labute approximate surface area is 465 Å². The number of aromatic nitrogens is 1. The Kier molecular flexibility index (Phi) is 25.6. The fourth-order valence-corrected chi connectivity index (χ4v) is 9.19. The zero-order chi connectivity index (χ0) is 57.6. The average Bonchev–Trinajstić information content (AvgIpc) is 3.79. The number of hydrogen-bond donors (Lipinski definition) is 4.